The van der Waals surface area contributed by atoms with Crippen molar-refractivity contribution in [3.8, 4) is 11.4 Å². The number of hydrogen-bond donors (Lipinski definition) is 0. The summed E-state index contributed by atoms with van der Waals surface area (Å²) in [6, 6.07) is 24.5. The summed E-state index contributed by atoms with van der Waals surface area (Å²) in [6.45, 7) is 4.83. The van der Waals surface area contributed by atoms with Crippen molar-refractivity contribution in [2.75, 3.05) is 12.0 Å². The molecule has 184 valence electrons. The van der Waals surface area contributed by atoms with Crippen LogP contribution in [0.1, 0.15) is 60.8 Å². The van der Waals surface area contributed by atoms with Gasteiger partial charge in [-0.25, -0.2) is 4.68 Å². The van der Waals surface area contributed by atoms with Crippen LogP contribution >= 0.6 is 0 Å². The monoisotopic (exact) mass is 479 g/mol. The quantitative estimate of drug-likeness (QED) is 0.298. The van der Waals surface area contributed by atoms with Crippen molar-refractivity contribution >= 4 is 11.6 Å². The van der Waals surface area contributed by atoms with E-state index in [0.717, 1.165) is 53.1 Å². The van der Waals surface area contributed by atoms with E-state index < -0.39 is 0 Å². The Labute approximate surface area is 213 Å². The number of amides is 1. The van der Waals surface area contributed by atoms with Crippen molar-refractivity contribution in [2.45, 2.75) is 51.5 Å². The predicted molar refractivity (Wildman–Crippen MR) is 144 cm³/mol. The lowest BCUT2D eigenvalue weighted by molar-refractivity contribution is -0.120. The molecule has 0 bridgehead atoms. The van der Waals surface area contributed by atoms with Gasteiger partial charge in [-0.1, -0.05) is 56.3 Å². The van der Waals surface area contributed by atoms with E-state index in [-0.39, 0.29) is 11.8 Å². The van der Waals surface area contributed by atoms with Crippen LogP contribution in [0.4, 0.5) is 5.69 Å². The third-order valence-electron chi connectivity index (χ3n) is 7.12. The van der Waals surface area contributed by atoms with Gasteiger partial charge in [0.15, 0.2) is 0 Å². The molecule has 4 aromatic rings. The van der Waals surface area contributed by atoms with E-state index in [9.17, 15) is 4.79 Å². The largest absolute Gasteiger partial charge is 0.496 e. The number of rotatable bonds is 7. The summed E-state index contributed by atoms with van der Waals surface area (Å²) in [5.41, 5.74) is 6.41. The molecule has 5 nitrogen and oxygen atoms in total. The average Bonchev–Trinajstić information content (AvgIpc) is 3.40. The highest BCUT2D eigenvalue weighted by molar-refractivity contribution is 5.98. The number of nitrogens with zero attached hydrogens (tertiary/aromatic N) is 3. The van der Waals surface area contributed by atoms with E-state index in [0.29, 0.717) is 12.5 Å². The number of fused-ring (bicyclic) bond motifs is 1. The molecule has 0 saturated carbocycles. The van der Waals surface area contributed by atoms with Gasteiger partial charge < -0.3 is 9.64 Å². The summed E-state index contributed by atoms with van der Waals surface area (Å²) in [5, 5.41) is 4.56. The van der Waals surface area contributed by atoms with E-state index >= 15 is 0 Å². The van der Waals surface area contributed by atoms with Crippen LogP contribution in [-0.4, -0.2) is 22.8 Å². The number of anilines is 1. The van der Waals surface area contributed by atoms with Crippen LogP contribution in [0.5, 0.6) is 5.75 Å². The van der Waals surface area contributed by atoms with Crippen LogP contribution in [0, 0.1) is 0 Å². The van der Waals surface area contributed by atoms with Gasteiger partial charge >= 0.3 is 0 Å². The van der Waals surface area contributed by atoms with Crippen LogP contribution in [0.2, 0.25) is 0 Å². The summed E-state index contributed by atoms with van der Waals surface area (Å²) in [7, 11) is 1.70. The number of hydrogen-bond acceptors (Lipinski definition) is 3. The SMILES string of the molecule is COc1cccc2c1CCCC2C(=O)N(Cc1cnn(-c2ccccc2)c1)c1ccc(C(C)C)cc1. The molecule has 1 atom stereocenters. The minimum absolute atomic E-state index is 0.119. The topological polar surface area (TPSA) is 47.4 Å². The van der Waals surface area contributed by atoms with Gasteiger partial charge in [0.2, 0.25) is 5.91 Å². The van der Waals surface area contributed by atoms with E-state index in [1.54, 1.807) is 7.11 Å². The van der Waals surface area contributed by atoms with Crippen LogP contribution in [0.15, 0.2) is 85.2 Å². The molecule has 1 heterocycles. The lowest BCUT2D eigenvalue weighted by Crippen LogP contribution is -2.36. The molecule has 0 spiro atoms. The van der Waals surface area contributed by atoms with Gasteiger partial charge in [0.25, 0.3) is 0 Å². The third kappa shape index (κ3) is 4.78. The third-order valence-corrected chi connectivity index (χ3v) is 7.12. The Morgan fingerprint density at radius 3 is 2.56 bits per heavy atom. The van der Waals surface area contributed by atoms with Crippen molar-refractivity contribution in [3.05, 3.63) is 107 Å². The van der Waals surface area contributed by atoms with Crippen molar-refractivity contribution < 1.29 is 9.53 Å². The molecule has 1 aliphatic carbocycles. The second kappa shape index (κ2) is 10.4. The number of benzene rings is 3. The molecule has 1 unspecified atom stereocenters. The first-order valence-electron chi connectivity index (χ1n) is 12.7. The zero-order valence-corrected chi connectivity index (χ0v) is 21.2. The van der Waals surface area contributed by atoms with Crippen LogP contribution < -0.4 is 9.64 Å². The Hall–Kier alpha value is -3.86. The Kier molecular flexibility index (Phi) is 6.90. The zero-order chi connectivity index (χ0) is 25.1. The average molecular weight is 480 g/mol. The van der Waals surface area contributed by atoms with Crippen LogP contribution in [0.25, 0.3) is 5.69 Å². The van der Waals surface area contributed by atoms with E-state index in [1.165, 1.54) is 5.56 Å². The number of aromatic nitrogens is 2. The van der Waals surface area contributed by atoms with Crippen molar-refractivity contribution in [3.63, 3.8) is 0 Å². The van der Waals surface area contributed by atoms with Gasteiger partial charge in [-0.15, -0.1) is 0 Å². The zero-order valence-electron chi connectivity index (χ0n) is 21.2. The van der Waals surface area contributed by atoms with E-state index in [1.807, 2.05) is 64.4 Å². The fourth-order valence-corrected chi connectivity index (χ4v) is 5.13. The molecule has 1 amide bonds. The van der Waals surface area contributed by atoms with E-state index in [2.05, 4.69) is 49.3 Å². The molecule has 5 rings (SSSR count). The lowest BCUT2D eigenvalue weighted by atomic mass is 9.81. The molecule has 0 aliphatic heterocycles. The molecule has 0 N–H and O–H groups in total. The minimum Gasteiger partial charge on any atom is -0.496 e. The molecule has 3 aromatic carbocycles. The van der Waals surface area contributed by atoms with Crippen molar-refractivity contribution in [1.29, 1.82) is 0 Å². The maximum absolute atomic E-state index is 14.2. The number of para-hydroxylation sites is 1. The second-order valence-electron chi connectivity index (χ2n) is 9.77. The smallest absolute Gasteiger partial charge is 0.234 e. The number of ether oxygens (including phenoxy) is 1. The Morgan fingerprint density at radius 2 is 1.83 bits per heavy atom. The summed E-state index contributed by atoms with van der Waals surface area (Å²) in [4.78, 5) is 16.1. The summed E-state index contributed by atoms with van der Waals surface area (Å²) in [6.07, 6.45) is 6.61. The molecule has 36 heavy (non-hydrogen) atoms. The Balaban J connectivity index is 1.50. The van der Waals surface area contributed by atoms with Gasteiger partial charge in [0, 0.05) is 17.4 Å². The van der Waals surface area contributed by atoms with Crippen molar-refractivity contribution in [1.82, 2.24) is 9.78 Å². The molecule has 0 radical (unpaired) electrons. The summed E-state index contributed by atoms with van der Waals surface area (Å²) in [5.74, 6) is 1.23. The highest BCUT2D eigenvalue weighted by Crippen LogP contribution is 2.38. The van der Waals surface area contributed by atoms with Crippen LogP contribution in [-0.2, 0) is 17.8 Å². The predicted octanol–water partition coefficient (Wildman–Crippen LogP) is 6.66. The first-order valence-corrected chi connectivity index (χ1v) is 12.7. The summed E-state index contributed by atoms with van der Waals surface area (Å²) >= 11 is 0. The molecule has 1 aromatic heterocycles. The van der Waals surface area contributed by atoms with Crippen LogP contribution in [0.3, 0.4) is 0 Å². The maximum Gasteiger partial charge on any atom is 0.234 e. The molecular weight excluding hydrogens is 446 g/mol. The first-order chi connectivity index (χ1) is 17.5. The standard InChI is InChI=1S/C31H33N3O2/c1-22(2)24-15-17-25(18-16-24)33(20-23-19-32-34(21-23)26-9-5-4-6-10-26)31(35)29-13-7-12-28-27(29)11-8-14-30(28)36-3/h4-6,8-11,14-19,21-22,29H,7,12-13,20H2,1-3H3. The van der Waals surface area contributed by atoms with E-state index in [4.69, 9.17) is 4.74 Å². The second-order valence-corrected chi connectivity index (χ2v) is 9.77. The molecule has 1 aliphatic rings. The molecule has 5 heteroatoms. The van der Waals surface area contributed by atoms with Gasteiger partial charge in [0.1, 0.15) is 5.75 Å². The first kappa shape index (κ1) is 23.9. The highest BCUT2D eigenvalue weighted by Gasteiger charge is 2.32. The van der Waals surface area contributed by atoms with Gasteiger partial charge in [-0.2, -0.15) is 5.10 Å². The molecular formula is C31H33N3O2. The van der Waals surface area contributed by atoms with Gasteiger partial charge in [-0.3, -0.25) is 4.79 Å². The lowest BCUT2D eigenvalue weighted by Gasteiger charge is -2.31. The minimum atomic E-state index is -0.196. The number of methoxy groups -OCH3 is 1. The fourth-order valence-electron chi connectivity index (χ4n) is 5.13. The molecule has 0 fully saturated rings. The number of carbonyl (C=O) groups is 1. The summed E-state index contributed by atoms with van der Waals surface area (Å²) < 4.78 is 7.49. The molecule has 0 saturated heterocycles. The normalized spacial score (nSPS) is 14.9. The highest BCUT2D eigenvalue weighted by atomic mass is 16.5. The number of carbonyl (C=O) groups excluding carboxylic acids is 1. The van der Waals surface area contributed by atoms with Gasteiger partial charge in [-0.05, 0) is 72.2 Å². The van der Waals surface area contributed by atoms with Crippen molar-refractivity contribution in [2.24, 2.45) is 0 Å². The Bertz CT molecular complexity index is 1330. The Morgan fingerprint density at radius 1 is 1.06 bits per heavy atom. The fraction of sp³-hybridized carbons (Fsp3) is 0.290. The maximum atomic E-state index is 14.2. The van der Waals surface area contributed by atoms with Gasteiger partial charge in [0.05, 0.1) is 31.5 Å².